The van der Waals surface area contributed by atoms with Gasteiger partial charge in [0, 0.05) is 13.1 Å². The molecule has 0 saturated heterocycles. The predicted octanol–water partition coefficient (Wildman–Crippen LogP) is 3.18. The first-order chi connectivity index (χ1) is 9.52. The molecule has 1 unspecified atom stereocenters. The zero-order valence-corrected chi connectivity index (χ0v) is 13.6. The van der Waals surface area contributed by atoms with Crippen molar-refractivity contribution in [3.63, 3.8) is 0 Å². The number of nitrogens with zero attached hydrogens (tertiary/aromatic N) is 1. The summed E-state index contributed by atoms with van der Waals surface area (Å²) in [6, 6.07) is 5.81. The van der Waals surface area contributed by atoms with Crippen LogP contribution in [-0.4, -0.2) is 29.0 Å². The average molecular weight is 342 g/mol. The number of halogens is 1. The fraction of sp³-hybridized carbons (Fsp3) is 0.533. The van der Waals surface area contributed by atoms with Crippen LogP contribution >= 0.6 is 15.9 Å². The Hall–Kier alpha value is -1.23. The molecule has 5 heteroatoms. The predicted molar refractivity (Wildman–Crippen MR) is 81.2 cm³/mol. The standard InChI is InChI=1S/C15H20BrNO3/c1-4-17(15(18)14(16)10(2)3)8-11-5-6-12-13(7-11)20-9-19-12/h5-7,10,14H,4,8-9H2,1-3H3. The Balaban J connectivity index is 2.08. The van der Waals surface area contributed by atoms with Crippen molar-refractivity contribution in [1.82, 2.24) is 4.90 Å². The van der Waals surface area contributed by atoms with Crippen molar-refractivity contribution < 1.29 is 14.3 Å². The largest absolute Gasteiger partial charge is 0.454 e. The van der Waals surface area contributed by atoms with Crippen molar-refractivity contribution in [2.75, 3.05) is 13.3 Å². The summed E-state index contributed by atoms with van der Waals surface area (Å²) in [6.45, 7) is 7.59. The van der Waals surface area contributed by atoms with Crippen LogP contribution in [0.15, 0.2) is 18.2 Å². The van der Waals surface area contributed by atoms with Crippen LogP contribution in [0, 0.1) is 5.92 Å². The molecular weight excluding hydrogens is 322 g/mol. The summed E-state index contributed by atoms with van der Waals surface area (Å²) < 4.78 is 10.7. The average Bonchev–Trinajstić information content (AvgIpc) is 2.90. The maximum atomic E-state index is 12.4. The molecule has 1 atom stereocenters. The summed E-state index contributed by atoms with van der Waals surface area (Å²) in [5, 5.41) is 0. The van der Waals surface area contributed by atoms with Crippen molar-refractivity contribution in [2.24, 2.45) is 5.92 Å². The van der Waals surface area contributed by atoms with Crippen LogP contribution in [-0.2, 0) is 11.3 Å². The molecule has 110 valence electrons. The summed E-state index contributed by atoms with van der Waals surface area (Å²) in [4.78, 5) is 14.1. The van der Waals surface area contributed by atoms with Crippen LogP contribution in [0.3, 0.4) is 0 Å². The molecule has 0 bridgehead atoms. The Morgan fingerprint density at radius 3 is 2.70 bits per heavy atom. The van der Waals surface area contributed by atoms with Crippen molar-refractivity contribution in [2.45, 2.75) is 32.1 Å². The van der Waals surface area contributed by atoms with Gasteiger partial charge in [0.15, 0.2) is 11.5 Å². The molecule has 1 aromatic carbocycles. The minimum absolute atomic E-state index is 0.125. The summed E-state index contributed by atoms with van der Waals surface area (Å²) in [5.41, 5.74) is 1.05. The lowest BCUT2D eigenvalue weighted by molar-refractivity contribution is -0.131. The van der Waals surface area contributed by atoms with Gasteiger partial charge in [0.2, 0.25) is 12.7 Å². The number of benzene rings is 1. The second-order valence-corrected chi connectivity index (χ2v) is 6.17. The van der Waals surface area contributed by atoms with Crippen LogP contribution in [0.1, 0.15) is 26.3 Å². The van der Waals surface area contributed by atoms with Gasteiger partial charge in [0.1, 0.15) is 0 Å². The van der Waals surface area contributed by atoms with Crippen molar-refractivity contribution >= 4 is 21.8 Å². The van der Waals surface area contributed by atoms with Gasteiger partial charge >= 0.3 is 0 Å². The third-order valence-corrected chi connectivity index (χ3v) is 4.77. The Morgan fingerprint density at radius 1 is 1.35 bits per heavy atom. The molecule has 20 heavy (non-hydrogen) atoms. The third kappa shape index (κ3) is 3.26. The van der Waals surface area contributed by atoms with Gasteiger partial charge in [-0.1, -0.05) is 35.8 Å². The molecule has 4 nitrogen and oxygen atoms in total. The molecule has 0 aliphatic carbocycles. The molecule has 0 aromatic heterocycles. The van der Waals surface area contributed by atoms with Gasteiger partial charge in [-0.3, -0.25) is 4.79 Å². The number of carbonyl (C=O) groups excluding carboxylic acids is 1. The first-order valence-electron chi connectivity index (χ1n) is 6.84. The minimum Gasteiger partial charge on any atom is -0.454 e. The van der Waals surface area contributed by atoms with E-state index in [-0.39, 0.29) is 23.4 Å². The van der Waals surface area contributed by atoms with Crippen molar-refractivity contribution in [1.29, 1.82) is 0 Å². The van der Waals surface area contributed by atoms with Crippen molar-refractivity contribution in [3.05, 3.63) is 23.8 Å². The molecule has 1 aromatic rings. The van der Waals surface area contributed by atoms with Gasteiger partial charge in [-0.05, 0) is 30.5 Å². The van der Waals surface area contributed by atoms with Gasteiger partial charge in [-0.2, -0.15) is 0 Å². The number of hydrogen-bond donors (Lipinski definition) is 0. The fourth-order valence-corrected chi connectivity index (χ4v) is 2.35. The van der Waals surface area contributed by atoms with Gasteiger partial charge in [0.25, 0.3) is 0 Å². The summed E-state index contributed by atoms with van der Waals surface area (Å²) in [6.07, 6.45) is 0. The quantitative estimate of drug-likeness (QED) is 0.772. The molecule has 0 saturated carbocycles. The van der Waals surface area contributed by atoms with Gasteiger partial charge in [-0.25, -0.2) is 0 Å². The number of ether oxygens (including phenoxy) is 2. The molecular formula is C15H20BrNO3. The van der Waals surface area contributed by atoms with Crippen LogP contribution in [0.5, 0.6) is 11.5 Å². The first kappa shape index (κ1) is 15.2. The molecule has 0 spiro atoms. The molecule has 0 fully saturated rings. The zero-order valence-electron chi connectivity index (χ0n) is 12.1. The van der Waals surface area contributed by atoms with E-state index in [1.165, 1.54) is 0 Å². The second kappa shape index (κ2) is 6.48. The lowest BCUT2D eigenvalue weighted by Gasteiger charge is -2.25. The maximum Gasteiger partial charge on any atom is 0.236 e. The molecule has 0 radical (unpaired) electrons. The van der Waals surface area contributed by atoms with E-state index in [2.05, 4.69) is 15.9 Å². The minimum atomic E-state index is -0.142. The van der Waals surface area contributed by atoms with Crippen LogP contribution in [0.25, 0.3) is 0 Å². The fourth-order valence-electron chi connectivity index (χ4n) is 2.06. The summed E-state index contributed by atoms with van der Waals surface area (Å²) in [5.74, 6) is 1.92. The highest BCUT2D eigenvalue weighted by Crippen LogP contribution is 2.33. The number of fused-ring (bicyclic) bond motifs is 1. The summed E-state index contributed by atoms with van der Waals surface area (Å²) >= 11 is 3.48. The Kier molecular flexibility index (Phi) is 4.91. The lowest BCUT2D eigenvalue weighted by atomic mass is 10.1. The van der Waals surface area contributed by atoms with Crippen LogP contribution in [0.2, 0.25) is 0 Å². The van der Waals surface area contributed by atoms with Crippen molar-refractivity contribution in [3.8, 4) is 11.5 Å². The van der Waals surface area contributed by atoms with E-state index >= 15 is 0 Å². The topological polar surface area (TPSA) is 38.8 Å². The Bertz CT molecular complexity index is 490. The highest BCUT2D eigenvalue weighted by molar-refractivity contribution is 9.10. The van der Waals surface area contributed by atoms with E-state index in [1.54, 1.807) is 0 Å². The van der Waals surface area contributed by atoms with E-state index in [4.69, 9.17) is 9.47 Å². The Morgan fingerprint density at radius 2 is 2.05 bits per heavy atom. The molecule has 1 aliphatic rings. The van der Waals surface area contributed by atoms with E-state index in [0.717, 1.165) is 17.1 Å². The van der Waals surface area contributed by atoms with Crippen LogP contribution < -0.4 is 9.47 Å². The Labute approximate surface area is 128 Å². The monoisotopic (exact) mass is 341 g/mol. The molecule has 2 rings (SSSR count). The molecule has 1 amide bonds. The number of rotatable bonds is 5. The first-order valence-corrected chi connectivity index (χ1v) is 7.76. The van der Waals surface area contributed by atoms with E-state index < -0.39 is 0 Å². The van der Waals surface area contributed by atoms with Gasteiger partial charge in [-0.15, -0.1) is 0 Å². The normalized spacial score (nSPS) is 14.4. The van der Waals surface area contributed by atoms with Gasteiger partial charge in [0.05, 0.1) is 4.83 Å². The smallest absolute Gasteiger partial charge is 0.236 e. The van der Waals surface area contributed by atoms with E-state index in [1.807, 2.05) is 43.9 Å². The summed E-state index contributed by atoms with van der Waals surface area (Å²) in [7, 11) is 0. The number of carbonyl (C=O) groups is 1. The highest BCUT2D eigenvalue weighted by Gasteiger charge is 2.24. The van der Waals surface area contributed by atoms with E-state index in [0.29, 0.717) is 13.1 Å². The number of amides is 1. The SMILES string of the molecule is CCN(Cc1ccc2c(c1)OCO2)C(=O)C(Br)C(C)C. The van der Waals surface area contributed by atoms with E-state index in [9.17, 15) is 4.79 Å². The highest BCUT2D eigenvalue weighted by atomic mass is 79.9. The van der Waals surface area contributed by atoms with Gasteiger partial charge < -0.3 is 14.4 Å². The maximum absolute atomic E-state index is 12.4. The van der Waals surface area contributed by atoms with Crippen LogP contribution in [0.4, 0.5) is 0 Å². The zero-order chi connectivity index (χ0) is 14.7. The second-order valence-electron chi connectivity index (χ2n) is 5.19. The third-order valence-electron chi connectivity index (χ3n) is 3.33. The lowest BCUT2D eigenvalue weighted by Crippen LogP contribution is -2.38. The number of alkyl halides is 1. The molecule has 0 N–H and O–H groups in total. The number of hydrogen-bond acceptors (Lipinski definition) is 3. The molecule has 1 aliphatic heterocycles. The molecule has 1 heterocycles.